The average molecular weight is 423 g/mol. The topological polar surface area (TPSA) is 34.4 Å². The largest absolute Gasteiger partial charge is 0.497 e. The van der Waals surface area contributed by atoms with E-state index in [1.54, 1.807) is 7.11 Å². The highest BCUT2D eigenvalue weighted by Gasteiger charge is 2.04. The van der Waals surface area contributed by atoms with Crippen LogP contribution in [0.3, 0.4) is 0 Å². The zero-order chi connectivity index (χ0) is 16.8. The third-order valence-electron chi connectivity index (χ3n) is 3.84. The zero-order valence-corrected chi connectivity index (χ0v) is 16.4. The molecule has 0 radical (unpaired) electrons. The second-order valence-corrected chi connectivity index (χ2v) is 6.46. The summed E-state index contributed by atoms with van der Waals surface area (Å²) in [5, 5.41) is 3.42. The molecule has 5 heteroatoms. The first-order chi connectivity index (χ1) is 11.7. The molecule has 0 aliphatic heterocycles. The van der Waals surface area contributed by atoms with Crippen molar-refractivity contribution in [2.75, 3.05) is 13.7 Å². The van der Waals surface area contributed by atoms with Crippen LogP contribution >= 0.6 is 28.3 Å². The summed E-state index contributed by atoms with van der Waals surface area (Å²) >= 11 is 3.44. The van der Waals surface area contributed by atoms with Gasteiger partial charge < -0.3 is 14.5 Å². The third-order valence-corrected chi connectivity index (χ3v) is 4.37. The predicted octanol–water partition coefficient (Wildman–Crippen LogP) is 5.47. The summed E-state index contributed by atoms with van der Waals surface area (Å²) in [6.07, 6.45) is 0.976. The van der Waals surface area contributed by atoms with Crippen LogP contribution in [0.15, 0.2) is 69.6 Å². The lowest BCUT2D eigenvalue weighted by atomic mass is 10.1. The SMILES string of the molecule is COc1ccc(CCNCc2ccc(-c3ccc(Br)cc3)o2)cc1.Cl. The van der Waals surface area contributed by atoms with E-state index < -0.39 is 0 Å². The lowest BCUT2D eigenvalue weighted by Crippen LogP contribution is -2.16. The van der Waals surface area contributed by atoms with Crippen molar-refractivity contribution in [1.82, 2.24) is 5.32 Å². The van der Waals surface area contributed by atoms with Crippen LogP contribution in [0.2, 0.25) is 0 Å². The van der Waals surface area contributed by atoms with Crippen molar-refractivity contribution in [3.63, 3.8) is 0 Å². The summed E-state index contributed by atoms with van der Waals surface area (Å²) < 4.78 is 12.1. The number of furan rings is 1. The molecule has 1 aromatic heterocycles. The van der Waals surface area contributed by atoms with Crippen molar-refractivity contribution in [1.29, 1.82) is 0 Å². The van der Waals surface area contributed by atoms with Crippen molar-refractivity contribution in [3.8, 4) is 17.1 Å². The molecule has 2 aromatic carbocycles. The van der Waals surface area contributed by atoms with E-state index in [-0.39, 0.29) is 12.4 Å². The highest BCUT2D eigenvalue weighted by molar-refractivity contribution is 9.10. The second-order valence-electron chi connectivity index (χ2n) is 5.55. The molecule has 0 amide bonds. The fourth-order valence-electron chi connectivity index (χ4n) is 2.48. The maximum Gasteiger partial charge on any atom is 0.134 e. The first-order valence-corrected chi connectivity index (χ1v) is 8.72. The number of ether oxygens (including phenoxy) is 1. The molecule has 0 saturated carbocycles. The lowest BCUT2D eigenvalue weighted by Gasteiger charge is -2.05. The van der Waals surface area contributed by atoms with Gasteiger partial charge in [0.2, 0.25) is 0 Å². The Hall–Kier alpha value is -1.75. The van der Waals surface area contributed by atoms with E-state index in [2.05, 4.69) is 33.4 Å². The molecule has 1 heterocycles. The Morgan fingerprint density at radius 1 is 0.960 bits per heavy atom. The van der Waals surface area contributed by atoms with Crippen LogP contribution in [0.25, 0.3) is 11.3 Å². The summed E-state index contributed by atoms with van der Waals surface area (Å²) in [4.78, 5) is 0. The van der Waals surface area contributed by atoms with Crippen LogP contribution in [0.1, 0.15) is 11.3 Å². The molecule has 0 bridgehead atoms. The van der Waals surface area contributed by atoms with Crippen molar-refractivity contribution in [3.05, 3.63) is 76.5 Å². The average Bonchev–Trinajstić information content (AvgIpc) is 3.09. The Balaban J connectivity index is 0.00000225. The Morgan fingerprint density at radius 3 is 2.36 bits per heavy atom. The van der Waals surface area contributed by atoms with Gasteiger partial charge in [0.05, 0.1) is 13.7 Å². The standard InChI is InChI=1S/C20H20BrNO2.ClH/c1-23-18-8-2-15(3-9-18)12-13-22-14-19-10-11-20(24-19)16-4-6-17(21)7-5-16;/h2-11,22H,12-14H2,1H3;1H. The van der Waals surface area contributed by atoms with Gasteiger partial charge in [-0.25, -0.2) is 0 Å². The Bertz CT molecular complexity index is 769. The minimum absolute atomic E-state index is 0. The Kier molecular flexibility index (Phi) is 7.56. The molecule has 0 aliphatic rings. The van der Waals surface area contributed by atoms with Gasteiger partial charge in [-0.15, -0.1) is 12.4 Å². The molecule has 3 nitrogen and oxygen atoms in total. The molecule has 132 valence electrons. The van der Waals surface area contributed by atoms with Gasteiger partial charge in [0.15, 0.2) is 0 Å². The number of hydrogen-bond acceptors (Lipinski definition) is 3. The smallest absolute Gasteiger partial charge is 0.134 e. The Morgan fingerprint density at radius 2 is 1.68 bits per heavy atom. The van der Waals surface area contributed by atoms with Gasteiger partial charge in [0.1, 0.15) is 17.3 Å². The van der Waals surface area contributed by atoms with E-state index in [0.29, 0.717) is 0 Å². The molecule has 3 rings (SSSR count). The van der Waals surface area contributed by atoms with Gasteiger partial charge in [0.25, 0.3) is 0 Å². The van der Waals surface area contributed by atoms with E-state index in [1.807, 2.05) is 48.5 Å². The van der Waals surface area contributed by atoms with Gasteiger partial charge in [0, 0.05) is 10.0 Å². The normalized spacial score (nSPS) is 10.3. The lowest BCUT2D eigenvalue weighted by molar-refractivity contribution is 0.414. The van der Waals surface area contributed by atoms with E-state index in [4.69, 9.17) is 9.15 Å². The predicted molar refractivity (Wildman–Crippen MR) is 107 cm³/mol. The van der Waals surface area contributed by atoms with Crippen LogP contribution in [0, 0.1) is 0 Å². The molecular formula is C20H21BrClNO2. The number of benzene rings is 2. The molecule has 0 unspecified atom stereocenters. The third kappa shape index (κ3) is 5.63. The molecular weight excluding hydrogens is 402 g/mol. The maximum atomic E-state index is 5.90. The minimum atomic E-state index is 0. The summed E-state index contributed by atoms with van der Waals surface area (Å²) in [6, 6.07) is 20.3. The first kappa shape index (κ1) is 19.6. The van der Waals surface area contributed by atoms with Crippen molar-refractivity contribution >= 4 is 28.3 Å². The quantitative estimate of drug-likeness (QED) is 0.513. The number of nitrogens with one attached hydrogen (secondary N) is 1. The highest BCUT2D eigenvalue weighted by Crippen LogP contribution is 2.23. The van der Waals surface area contributed by atoms with E-state index in [1.165, 1.54) is 5.56 Å². The second kappa shape index (κ2) is 9.66. The number of rotatable bonds is 7. The molecule has 1 N–H and O–H groups in total. The van der Waals surface area contributed by atoms with Crippen molar-refractivity contribution in [2.24, 2.45) is 0 Å². The summed E-state index contributed by atoms with van der Waals surface area (Å²) in [7, 11) is 1.68. The van der Waals surface area contributed by atoms with Gasteiger partial charge in [-0.2, -0.15) is 0 Å². The maximum absolute atomic E-state index is 5.90. The monoisotopic (exact) mass is 421 g/mol. The van der Waals surface area contributed by atoms with Crippen molar-refractivity contribution in [2.45, 2.75) is 13.0 Å². The van der Waals surface area contributed by atoms with Crippen LogP contribution in [0.5, 0.6) is 5.75 Å². The summed E-state index contributed by atoms with van der Waals surface area (Å²) in [5.41, 5.74) is 2.38. The summed E-state index contributed by atoms with van der Waals surface area (Å²) in [5.74, 6) is 2.74. The molecule has 0 atom stereocenters. The highest BCUT2D eigenvalue weighted by atomic mass is 79.9. The molecule has 0 spiro atoms. The van der Waals surface area contributed by atoms with Gasteiger partial charge >= 0.3 is 0 Å². The molecule has 3 aromatic rings. The number of halogens is 2. The molecule has 25 heavy (non-hydrogen) atoms. The van der Waals surface area contributed by atoms with Crippen LogP contribution < -0.4 is 10.1 Å². The first-order valence-electron chi connectivity index (χ1n) is 7.93. The molecule has 0 aliphatic carbocycles. The summed E-state index contributed by atoms with van der Waals surface area (Å²) in [6.45, 7) is 1.63. The van der Waals surface area contributed by atoms with Gasteiger partial charge in [-0.1, -0.05) is 40.2 Å². The molecule has 0 saturated heterocycles. The molecule has 0 fully saturated rings. The van der Waals surface area contributed by atoms with Gasteiger partial charge in [-0.05, 0) is 54.9 Å². The fourth-order valence-corrected chi connectivity index (χ4v) is 2.74. The fraction of sp³-hybridized carbons (Fsp3) is 0.200. The Labute approximate surface area is 162 Å². The van der Waals surface area contributed by atoms with Crippen LogP contribution in [-0.2, 0) is 13.0 Å². The van der Waals surface area contributed by atoms with Crippen LogP contribution in [0.4, 0.5) is 0 Å². The zero-order valence-electron chi connectivity index (χ0n) is 14.0. The van der Waals surface area contributed by atoms with Gasteiger partial charge in [-0.3, -0.25) is 0 Å². The number of hydrogen-bond donors (Lipinski definition) is 1. The minimum Gasteiger partial charge on any atom is -0.497 e. The van der Waals surface area contributed by atoms with Crippen molar-refractivity contribution < 1.29 is 9.15 Å². The van der Waals surface area contributed by atoms with E-state index in [9.17, 15) is 0 Å². The van der Waals surface area contributed by atoms with Crippen LogP contribution in [-0.4, -0.2) is 13.7 Å². The number of methoxy groups -OCH3 is 1. The van der Waals surface area contributed by atoms with E-state index in [0.717, 1.165) is 46.8 Å². The van der Waals surface area contributed by atoms with E-state index >= 15 is 0 Å².